The molecule has 0 saturated carbocycles. The van der Waals surface area contributed by atoms with Crippen LogP contribution in [-0.2, 0) is 20.9 Å². The quantitative estimate of drug-likeness (QED) is 0.218. The molecule has 1 saturated heterocycles. The summed E-state index contributed by atoms with van der Waals surface area (Å²) in [5, 5.41) is 26.2. The second-order valence-corrected chi connectivity index (χ2v) is 10.2. The number of carboxylic acid groups (broad SMARTS) is 3. The predicted octanol–water partition coefficient (Wildman–Crippen LogP) is 5.77. The van der Waals surface area contributed by atoms with Crippen molar-refractivity contribution >= 4 is 23.6 Å². The van der Waals surface area contributed by atoms with Crippen molar-refractivity contribution in [2.75, 3.05) is 13.1 Å². The van der Waals surface area contributed by atoms with Crippen LogP contribution >= 0.6 is 0 Å². The van der Waals surface area contributed by atoms with Crippen LogP contribution in [0.15, 0.2) is 61.1 Å². The van der Waals surface area contributed by atoms with Crippen molar-refractivity contribution in [3.8, 4) is 11.1 Å². The molecule has 0 aliphatic carbocycles. The van der Waals surface area contributed by atoms with Crippen LogP contribution in [0.2, 0.25) is 0 Å². The fraction of sp³-hybridized carbons (Fsp3) is 0.345. The van der Waals surface area contributed by atoms with Gasteiger partial charge >= 0.3 is 36.4 Å². The molecule has 4 aromatic rings. The van der Waals surface area contributed by atoms with Crippen molar-refractivity contribution in [2.45, 2.75) is 50.8 Å². The van der Waals surface area contributed by atoms with Crippen LogP contribution in [-0.4, -0.2) is 94.3 Å². The Balaban J connectivity index is 0.000000338. The Morgan fingerprint density at radius 2 is 1.38 bits per heavy atom. The Kier molecular flexibility index (Phi) is 14.2. The molecule has 1 fully saturated rings. The molecule has 0 amide bonds. The first-order valence-electron chi connectivity index (χ1n) is 13.9. The second kappa shape index (κ2) is 17.4. The van der Waals surface area contributed by atoms with Crippen LogP contribution in [0.1, 0.15) is 36.0 Å². The number of aliphatic carboxylic acids is 3. The smallest absolute Gasteiger partial charge is 0.475 e. The molecule has 12 nitrogen and oxygen atoms in total. The number of carboxylic acids is 3. The van der Waals surface area contributed by atoms with E-state index in [1.54, 1.807) is 6.20 Å². The molecule has 0 radical (unpaired) electrons. The van der Waals surface area contributed by atoms with Crippen LogP contribution in [0.4, 0.5) is 39.5 Å². The van der Waals surface area contributed by atoms with E-state index in [0.717, 1.165) is 66.5 Å². The normalized spacial score (nSPS) is 15.0. The van der Waals surface area contributed by atoms with Crippen molar-refractivity contribution in [1.82, 2.24) is 29.5 Å². The average Bonchev–Trinajstić information content (AvgIpc) is 3.45. The fourth-order valence-electron chi connectivity index (χ4n) is 4.10. The highest BCUT2D eigenvalue weighted by atomic mass is 19.4. The molecule has 1 unspecified atom stereocenters. The van der Waals surface area contributed by atoms with E-state index in [4.69, 9.17) is 39.8 Å². The van der Waals surface area contributed by atoms with Gasteiger partial charge in [0, 0.05) is 54.4 Å². The minimum atomic E-state index is -5.08. The number of carbonyl (C=O) groups is 3. The highest BCUT2D eigenvalue weighted by Crippen LogP contribution is 2.27. The highest BCUT2D eigenvalue weighted by molar-refractivity contribution is 5.73. The summed E-state index contributed by atoms with van der Waals surface area (Å²) >= 11 is 0. The summed E-state index contributed by atoms with van der Waals surface area (Å²) < 4.78 is 97.1. The number of piperidine rings is 1. The number of alkyl halides is 9. The number of fused-ring (bicyclic) bond motifs is 1. The van der Waals surface area contributed by atoms with Crippen molar-refractivity contribution in [3.05, 3.63) is 78.3 Å². The first-order chi connectivity index (χ1) is 23.1. The third-order valence-corrected chi connectivity index (χ3v) is 6.27. The number of hydrogen-bond donors (Lipinski definition) is 3. The van der Waals surface area contributed by atoms with E-state index in [-0.39, 0.29) is 0 Å². The van der Waals surface area contributed by atoms with Gasteiger partial charge in [-0.05, 0) is 56.6 Å². The monoisotopic (exact) mass is 726 g/mol. The lowest BCUT2D eigenvalue weighted by atomic mass is 9.97. The standard InChI is InChI=1S/C23H24N6.3C2HF3O2/c1-17-5-2-8-21(25-17)16-28-12-4-7-20(14-28)23-26-22-10-9-19(15-29(22)27-23)18-6-3-11-24-13-18;3*3-2(4,5)1(6)7/h2-3,5-6,8-11,13,15,20H,4,7,12,14,16H2,1H3;3*(H,6,7). The summed E-state index contributed by atoms with van der Waals surface area (Å²) in [5.74, 6) is -6.97. The van der Waals surface area contributed by atoms with Crippen molar-refractivity contribution < 1.29 is 69.2 Å². The van der Waals surface area contributed by atoms with Gasteiger partial charge in [0.2, 0.25) is 0 Å². The summed E-state index contributed by atoms with van der Waals surface area (Å²) in [6.45, 7) is 5.01. The number of nitrogens with zero attached hydrogens (tertiary/aromatic N) is 6. The Bertz CT molecular complexity index is 1670. The molecular weight excluding hydrogens is 699 g/mol. The Labute approximate surface area is 275 Å². The van der Waals surface area contributed by atoms with Gasteiger partial charge in [-0.1, -0.05) is 12.1 Å². The molecule has 5 rings (SSSR count). The van der Waals surface area contributed by atoms with Crippen LogP contribution in [0.5, 0.6) is 0 Å². The van der Waals surface area contributed by atoms with Gasteiger partial charge in [0.05, 0.1) is 5.69 Å². The number of aryl methyl sites for hydroxylation is 1. The first kappa shape index (κ1) is 40.8. The summed E-state index contributed by atoms with van der Waals surface area (Å²) in [6.07, 6.45) is -7.26. The van der Waals surface area contributed by atoms with E-state index < -0.39 is 36.4 Å². The van der Waals surface area contributed by atoms with Gasteiger partial charge in [-0.15, -0.1) is 0 Å². The van der Waals surface area contributed by atoms with Crippen molar-refractivity contribution in [2.24, 2.45) is 0 Å². The second-order valence-electron chi connectivity index (χ2n) is 10.2. The minimum Gasteiger partial charge on any atom is -0.475 e. The summed E-state index contributed by atoms with van der Waals surface area (Å²) in [4.78, 5) is 42.9. The van der Waals surface area contributed by atoms with E-state index in [9.17, 15) is 39.5 Å². The largest absolute Gasteiger partial charge is 0.490 e. The SMILES string of the molecule is Cc1cccc(CN2CCCC(c3nc4ccc(-c5cccnc5)cn4n3)C2)n1.O=C(O)C(F)(F)F.O=C(O)C(F)(F)F.O=C(O)C(F)(F)F. The Morgan fingerprint density at radius 3 is 1.88 bits per heavy atom. The Hall–Kier alpha value is -5.34. The van der Waals surface area contributed by atoms with Gasteiger partial charge in [-0.25, -0.2) is 23.9 Å². The lowest BCUT2D eigenvalue weighted by molar-refractivity contribution is -0.193. The molecule has 0 spiro atoms. The van der Waals surface area contributed by atoms with E-state index >= 15 is 0 Å². The molecule has 3 N–H and O–H groups in total. The van der Waals surface area contributed by atoms with Gasteiger partial charge in [0.1, 0.15) is 0 Å². The van der Waals surface area contributed by atoms with E-state index in [0.29, 0.717) is 5.92 Å². The average molecular weight is 727 g/mol. The third-order valence-electron chi connectivity index (χ3n) is 6.27. The molecule has 1 aliphatic rings. The number of likely N-dealkylation sites (tertiary alicyclic amines) is 1. The molecule has 0 aromatic carbocycles. The molecular formula is C29H27F9N6O6. The van der Waals surface area contributed by atoms with Crippen LogP contribution in [0.25, 0.3) is 16.8 Å². The molecule has 272 valence electrons. The molecule has 50 heavy (non-hydrogen) atoms. The topological polar surface area (TPSA) is 171 Å². The van der Waals surface area contributed by atoms with Gasteiger partial charge in [-0.3, -0.25) is 14.9 Å². The maximum atomic E-state index is 10.6. The number of aromatic nitrogens is 5. The van der Waals surface area contributed by atoms with Gasteiger partial charge in [0.15, 0.2) is 11.5 Å². The molecule has 21 heteroatoms. The summed E-state index contributed by atoms with van der Waals surface area (Å²) in [5.41, 5.74) is 5.28. The van der Waals surface area contributed by atoms with Crippen molar-refractivity contribution in [3.63, 3.8) is 0 Å². The zero-order valence-electron chi connectivity index (χ0n) is 25.5. The maximum Gasteiger partial charge on any atom is 0.490 e. The number of hydrogen-bond acceptors (Lipinski definition) is 8. The molecule has 4 aromatic heterocycles. The van der Waals surface area contributed by atoms with Gasteiger partial charge < -0.3 is 15.3 Å². The van der Waals surface area contributed by atoms with Crippen molar-refractivity contribution in [1.29, 1.82) is 0 Å². The molecule has 0 bridgehead atoms. The fourth-order valence-corrected chi connectivity index (χ4v) is 4.10. The van der Waals surface area contributed by atoms with Crippen LogP contribution < -0.4 is 0 Å². The minimum absolute atomic E-state index is 0.357. The van der Waals surface area contributed by atoms with Gasteiger partial charge in [0.25, 0.3) is 0 Å². The highest BCUT2D eigenvalue weighted by Gasteiger charge is 2.39. The number of pyridine rings is 3. The van der Waals surface area contributed by atoms with E-state index in [2.05, 4.69) is 39.1 Å². The van der Waals surface area contributed by atoms with Crippen LogP contribution in [0.3, 0.4) is 0 Å². The summed E-state index contributed by atoms with van der Waals surface area (Å²) in [6, 6.07) is 14.4. The number of rotatable bonds is 4. The zero-order valence-corrected chi connectivity index (χ0v) is 25.5. The van der Waals surface area contributed by atoms with E-state index in [1.165, 1.54) is 0 Å². The van der Waals surface area contributed by atoms with Crippen LogP contribution in [0, 0.1) is 6.92 Å². The third kappa shape index (κ3) is 13.6. The molecule has 1 atom stereocenters. The lowest BCUT2D eigenvalue weighted by Gasteiger charge is -2.31. The van der Waals surface area contributed by atoms with Gasteiger partial charge in [-0.2, -0.15) is 44.6 Å². The lowest BCUT2D eigenvalue weighted by Crippen LogP contribution is -2.34. The maximum absolute atomic E-state index is 10.6. The zero-order chi connectivity index (χ0) is 37.9. The first-order valence-corrected chi connectivity index (χ1v) is 13.9. The van der Waals surface area contributed by atoms with E-state index in [1.807, 2.05) is 42.0 Å². The molecule has 1 aliphatic heterocycles. The summed E-state index contributed by atoms with van der Waals surface area (Å²) in [7, 11) is 0. The molecule has 5 heterocycles. The predicted molar refractivity (Wildman–Crippen MR) is 154 cm³/mol. The number of halogens is 9. The Morgan fingerprint density at radius 1 is 0.800 bits per heavy atom.